The standard InChI is InChI=1S/C16H13F2N3O2/c1-21-8-11(14(20-21)15(17)18)16(23)19-12-6-9-4-2-3-5-10(9)7-13(12)22/h2-8,15,22H,1H3,(H,19,23). The molecule has 0 spiro atoms. The first-order valence-corrected chi connectivity index (χ1v) is 6.80. The third kappa shape index (κ3) is 2.85. The Bertz CT molecular complexity index is 890. The van der Waals surface area contributed by atoms with Crippen molar-refractivity contribution in [2.45, 2.75) is 6.43 Å². The van der Waals surface area contributed by atoms with Crippen LogP contribution in [0.4, 0.5) is 14.5 Å². The summed E-state index contributed by atoms with van der Waals surface area (Å²) < 4.78 is 27.0. The predicted octanol–water partition coefficient (Wildman–Crippen LogP) is 3.47. The number of alkyl halides is 2. The van der Waals surface area contributed by atoms with Crippen LogP contribution in [-0.2, 0) is 7.05 Å². The van der Waals surface area contributed by atoms with Crippen molar-refractivity contribution < 1.29 is 18.7 Å². The third-order valence-electron chi connectivity index (χ3n) is 3.42. The van der Waals surface area contributed by atoms with Gasteiger partial charge in [-0.05, 0) is 22.9 Å². The van der Waals surface area contributed by atoms with E-state index in [9.17, 15) is 18.7 Å². The van der Waals surface area contributed by atoms with Gasteiger partial charge in [-0.15, -0.1) is 0 Å². The zero-order chi connectivity index (χ0) is 16.6. The van der Waals surface area contributed by atoms with E-state index < -0.39 is 18.0 Å². The molecule has 7 heteroatoms. The Balaban J connectivity index is 1.96. The molecule has 0 saturated heterocycles. The molecule has 118 valence electrons. The van der Waals surface area contributed by atoms with E-state index in [0.717, 1.165) is 15.5 Å². The van der Waals surface area contributed by atoms with Crippen LogP contribution >= 0.6 is 0 Å². The Morgan fingerprint density at radius 2 is 1.91 bits per heavy atom. The second-order valence-corrected chi connectivity index (χ2v) is 5.07. The minimum atomic E-state index is -2.86. The van der Waals surface area contributed by atoms with Crippen LogP contribution in [-0.4, -0.2) is 20.8 Å². The summed E-state index contributed by atoms with van der Waals surface area (Å²) in [7, 11) is 1.45. The number of hydrogen-bond acceptors (Lipinski definition) is 3. The molecular formula is C16H13F2N3O2. The van der Waals surface area contributed by atoms with Crippen molar-refractivity contribution in [2.24, 2.45) is 7.05 Å². The first-order chi connectivity index (χ1) is 11.0. The third-order valence-corrected chi connectivity index (χ3v) is 3.42. The monoisotopic (exact) mass is 317 g/mol. The van der Waals surface area contributed by atoms with E-state index in [4.69, 9.17) is 0 Å². The molecule has 2 N–H and O–H groups in total. The summed E-state index contributed by atoms with van der Waals surface area (Å²) in [6.45, 7) is 0. The minimum Gasteiger partial charge on any atom is -0.506 e. The molecule has 0 aliphatic heterocycles. The number of aromatic hydroxyl groups is 1. The van der Waals surface area contributed by atoms with Gasteiger partial charge in [0.25, 0.3) is 12.3 Å². The number of rotatable bonds is 3. The van der Waals surface area contributed by atoms with Crippen LogP contribution in [0.1, 0.15) is 22.5 Å². The molecule has 3 aromatic rings. The molecule has 5 nitrogen and oxygen atoms in total. The number of benzene rings is 2. The molecule has 23 heavy (non-hydrogen) atoms. The predicted molar refractivity (Wildman–Crippen MR) is 81.7 cm³/mol. The van der Waals surface area contributed by atoms with Crippen LogP contribution in [0.5, 0.6) is 5.75 Å². The van der Waals surface area contributed by atoms with Crippen molar-refractivity contribution in [3.05, 3.63) is 53.9 Å². The molecular weight excluding hydrogens is 304 g/mol. The maximum absolute atomic E-state index is 12.9. The summed E-state index contributed by atoms with van der Waals surface area (Å²) in [6, 6.07) is 10.4. The van der Waals surface area contributed by atoms with Crippen LogP contribution in [0, 0.1) is 0 Å². The molecule has 0 fully saturated rings. The normalized spacial score (nSPS) is 11.1. The average Bonchev–Trinajstić information content (AvgIpc) is 2.90. The first kappa shape index (κ1) is 15.0. The Morgan fingerprint density at radius 3 is 2.57 bits per heavy atom. The number of carbonyl (C=O) groups excluding carboxylic acids is 1. The van der Waals surface area contributed by atoms with Gasteiger partial charge in [0.05, 0.1) is 11.3 Å². The van der Waals surface area contributed by atoms with E-state index in [-0.39, 0.29) is 17.0 Å². The van der Waals surface area contributed by atoms with E-state index in [1.165, 1.54) is 19.3 Å². The van der Waals surface area contributed by atoms with Crippen molar-refractivity contribution >= 4 is 22.4 Å². The number of hydrogen-bond donors (Lipinski definition) is 2. The number of phenols is 1. The molecule has 0 atom stereocenters. The van der Waals surface area contributed by atoms with Gasteiger partial charge in [0.1, 0.15) is 11.4 Å². The van der Waals surface area contributed by atoms with Crippen molar-refractivity contribution in [3.63, 3.8) is 0 Å². The molecule has 0 unspecified atom stereocenters. The average molecular weight is 317 g/mol. The molecule has 1 amide bonds. The van der Waals surface area contributed by atoms with E-state index in [1.807, 2.05) is 24.3 Å². The number of amides is 1. The van der Waals surface area contributed by atoms with Crippen LogP contribution in [0.2, 0.25) is 0 Å². The Labute approximate surface area is 130 Å². The van der Waals surface area contributed by atoms with Crippen molar-refractivity contribution in [1.82, 2.24) is 9.78 Å². The first-order valence-electron chi connectivity index (χ1n) is 6.80. The Kier molecular flexibility index (Phi) is 3.69. The summed E-state index contributed by atoms with van der Waals surface area (Å²) in [5.74, 6) is -0.890. The number of aryl methyl sites for hydroxylation is 1. The molecule has 0 aliphatic carbocycles. The van der Waals surface area contributed by atoms with Crippen molar-refractivity contribution in [1.29, 1.82) is 0 Å². The zero-order valence-corrected chi connectivity index (χ0v) is 12.1. The highest BCUT2D eigenvalue weighted by molar-refractivity contribution is 6.07. The Morgan fingerprint density at radius 1 is 1.26 bits per heavy atom. The lowest BCUT2D eigenvalue weighted by Crippen LogP contribution is -2.13. The number of carbonyl (C=O) groups is 1. The van der Waals surface area contributed by atoms with Crippen molar-refractivity contribution in [3.8, 4) is 5.75 Å². The molecule has 1 aromatic heterocycles. The summed E-state index contributed by atoms with van der Waals surface area (Å²) in [5.41, 5.74) is -0.668. The molecule has 0 aliphatic rings. The van der Waals surface area contributed by atoms with Gasteiger partial charge in [-0.25, -0.2) is 8.78 Å². The van der Waals surface area contributed by atoms with Crippen LogP contribution < -0.4 is 5.32 Å². The number of nitrogens with one attached hydrogen (secondary N) is 1. The van der Waals surface area contributed by atoms with Crippen LogP contribution in [0.25, 0.3) is 10.8 Å². The molecule has 0 bridgehead atoms. The second-order valence-electron chi connectivity index (χ2n) is 5.07. The topological polar surface area (TPSA) is 67.2 Å². The summed E-state index contributed by atoms with van der Waals surface area (Å²) in [6.07, 6.45) is -1.64. The van der Waals surface area contributed by atoms with E-state index >= 15 is 0 Å². The zero-order valence-electron chi connectivity index (χ0n) is 12.1. The summed E-state index contributed by atoms with van der Waals surface area (Å²) >= 11 is 0. The fraction of sp³-hybridized carbons (Fsp3) is 0.125. The van der Waals surface area contributed by atoms with Gasteiger partial charge < -0.3 is 10.4 Å². The molecule has 1 heterocycles. The fourth-order valence-electron chi connectivity index (χ4n) is 2.36. The number of halogens is 2. The number of fused-ring (bicyclic) bond motifs is 1. The highest BCUT2D eigenvalue weighted by Gasteiger charge is 2.23. The number of phenolic OH excluding ortho intramolecular Hbond substituents is 1. The second kappa shape index (κ2) is 5.68. The van der Waals surface area contributed by atoms with Crippen LogP contribution in [0.3, 0.4) is 0 Å². The van der Waals surface area contributed by atoms with Crippen LogP contribution in [0.15, 0.2) is 42.6 Å². The number of nitrogens with zero attached hydrogens (tertiary/aromatic N) is 2. The van der Waals surface area contributed by atoms with E-state index in [2.05, 4.69) is 10.4 Å². The lowest BCUT2D eigenvalue weighted by atomic mass is 10.1. The van der Waals surface area contributed by atoms with E-state index in [0.29, 0.717) is 0 Å². The maximum Gasteiger partial charge on any atom is 0.282 e. The maximum atomic E-state index is 12.9. The number of aromatic nitrogens is 2. The molecule has 0 saturated carbocycles. The molecule has 3 rings (SSSR count). The van der Waals surface area contributed by atoms with Gasteiger partial charge >= 0.3 is 0 Å². The summed E-state index contributed by atoms with van der Waals surface area (Å²) in [4.78, 5) is 12.2. The van der Waals surface area contributed by atoms with Gasteiger partial charge in [0.15, 0.2) is 0 Å². The van der Waals surface area contributed by atoms with Gasteiger partial charge in [-0.2, -0.15) is 5.10 Å². The SMILES string of the molecule is Cn1cc(C(=O)Nc2cc3ccccc3cc2O)c(C(F)F)n1. The molecule has 2 aromatic carbocycles. The van der Waals surface area contributed by atoms with Gasteiger partial charge in [-0.3, -0.25) is 9.48 Å². The largest absolute Gasteiger partial charge is 0.506 e. The number of anilines is 1. The van der Waals surface area contributed by atoms with Gasteiger partial charge in [-0.1, -0.05) is 24.3 Å². The summed E-state index contributed by atoms with van der Waals surface area (Å²) in [5, 5.41) is 17.7. The van der Waals surface area contributed by atoms with Gasteiger partial charge in [0.2, 0.25) is 0 Å². The quantitative estimate of drug-likeness (QED) is 0.727. The highest BCUT2D eigenvalue weighted by atomic mass is 19.3. The Hall–Kier alpha value is -2.96. The lowest BCUT2D eigenvalue weighted by molar-refractivity contribution is 0.101. The fourth-order valence-corrected chi connectivity index (χ4v) is 2.36. The molecule has 0 radical (unpaired) electrons. The minimum absolute atomic E-state index is 0.139. The van der Waals surface area contributed by atoms with E-state index in [1.54, 1.807) is 6.07 Å². The highest BCUT2D eigenvalue weighted by Crippen LogP contribution is 2.30. The smallest absolute Gasteiger partial charge is 0.282 e. The van der Waals surface area contributed by atoms with Crippen molar-refractivity contribution in [2.75, 3.05) is 5.32 Å². The lowest BCUT2D eigenvalue weighted by Gasteiger charge is -2.09. The van der Waals surface area contributed by atoms with Gasteiger partial charge in [0, 0.05) is 13.2 Å².